The smallest absolute Gasteiger partial charge is 0.335 e. The van der Waals surface area contributed by atoms with Crippen LogP contribution in [0.5, 0.6) is 0 Å². The standard InChI is InChI=1S/C13H8Br2N2O3/c14-9-4-3-7(13(19)20)6-10(9)17-12(18)8-2-1-5-16-11(8)15/h1-6H,(H,17,18)(H,19,20). The van der Waals surface area contributed by atoms with Gasteiger partial charge in [0.2, 0.25) is 0 Å². The third kappa shape index (κ3) is 3.23. The summed E-state index contributed by atoms with van der Waals surface area (Å²) in [6.45, 7) is 0. The molecule has 7 heteroatoms. The fraction of sp³-hybridized carbons (Fsp3) is 0. The van der Waals surface area contributed by atoms with Gasteiger partial charge in [-0.15, -0.1) is 0 Å². The van der Waals surface area contributed by atoms with Crippen LogP contribution >= 0.6 is 31.9 Å². The van der Waals surface area contributed by atoms with Crippen LogP contribution in [-0.2, 0) is 0 Å². The van der Waals surface area contributed by atoms with Gasteiger partial charge in [-0.1, -0.05) is 0 Å². The minimum absolute atomic E-state index is 0.0914. The zero-order chi connectivity index (χ0) is 14.7. The topological polar surface area (TPSA) is 79.3 Å². The van der Waals surface area contributed by atoms with Gasteiger partial charge in [-0.05, 0) is 62.2 Å². The zero-order valence-electron chi connectivity index (χ0n) is 9.93. The van der Waals surface area contributed by atoms with Crippen molar-refractivity contribution in [1.82, 2.24) is 4.98 Å². The molecule has 1 aromatic carbocycles. The minimum Gasteiger partial charge on any atom is -0.478 e. The molecule has 0 atom stereocenters. The molecule has 2 aromatic rings. The number of rotatable bonds is 3. The van der Waals surface area contributed by atoms with Crippen LogP contribution < -0.4 is 5.32 Å². The number of nitrogens with zero attached hydrogens (tertiary/aromatic N) is 1. The highest BCUT2D eigenvalue weighted by molar-refractivity contribution is 9.10. The number of carbonyl (C=O) groups excluding carboxylic acids is 1. The van der Waals surface area contributed by atoms with Crippen molar-refractivity contribution in [1.29, 1.82) is 0 Å². The van der Waals surface area contributed by atoms with E-state index >= 15 is 0 Å². The summed E-state index contributed by atoms with van der Waals surface area (Å²) in [6.07, 6.45) is 1.56. The van der Waals surface area contributed by atoms with Gasteiger partial charge < -0.3 is 10.4 Å². The number of aromatic carboxylic acids is 1. The first-order chi connectivity index (χ1) is 9.49. The minimum atomic E-state index is -1.06. The molecule has 0 saturated heterocycles. The Labute approximate surface area is 131 Å². The number of carboxylic acids is 1. The Morgan fingerprint density at radius 1 is 1.20 bits per heavy atom. The van der Waals surface area contributed by atoms with Gasteiger partial charge in [0.05, 0.1) is 16.8 Å². The van der Waals surface area contributed by atoms with Crippen molar-refractivity contribution in [2.45, 2.75) is 0 Å². The van der Waals surface area contributed by atoms with Crippen LogP contribution in [0.25, 0.3) is 0 Å². The summed E-state index contributed by atoms with van der Waals surface area (Å²) in [5.41, 5.74) is 0.833. The van der Waals surface area contributed by atoms with Gasteiger partial charge in [0.1, 0.15) is 4.60 Å². The zero-order valence-corrected chi connectivity index (χ0v) is 13.1. The van der Waals surface area contributed by atoms with E-state index in [1.54, 1.807) is 24.4 Å². The van der Waals surface area contributed by atoms with Crippen LogP contribution in [0.4, 0.5) is 5.69 Å². The number of carbonyl (C=O) groups is 2. The van der Waals surface area contributed by atoms with E-state index in [9.17, 15) is 9.59 Å². The summed E-state index contributed by atoms with van der Waals surface area (Å²) >= 11 is 6.45. The summed E-state index contributed by atoms with van der Waals surface area (Å²) in [5, 5.41) is 11.6. The van der Waals surface area contributed by atoms with Gasteiger partial charge in [0.25, 0.3) is 5.91 Å². The van der Waals surface area contributed by atoms with Crippen molar-refractivity contribution in [3.05, 3.63) is 56.7 Å². The van der Waals surface area contributed by atoms with Crippen molar-refractivity contribution in [2.75, 3.05) is 5.32 Å². The Morgan fingerprint density at radius 2 is 1.95 bits per heavy atom. The molecule has 0 unspecified atom stereocenters. The van der Waals surface area contributed by atoms with Crippen LogP contribution in [0.2, 0.25) is 0 Å². The molecule has 2 rings (SSSR count). The van der Waals surface area contributed by atoms with E-state index in [-0.39, 0.29) is 11.5 Å². The van der Waals surface area contributed by atoms with E-state index in [1.165, 1.54) is 12.1 Å². The lowest BCUT2D eigenvalue weighted by Gasteiger charge is -2.09. The normalized spacial score (nSPS) is 10.1. The van der Waals surface area contributed by atoms with E-state index in [1.807, 2.05) is 0 Å². The van der Waals surface area contributed by atoms with E-state index < -0.39 is 5.97 Å². The summed E-state index contributed by atoms with van der Waals surface area (Å²) in [4.78, 5) is 27.0. The molecular weight excluding hydrogens is 392 g/mol. The molecule has 1 heterocycles. The Kier molecular flexibility index (Phi) is 4.51. The molecule has 1 aromatic heterocycles. The lowest BCUT2D eigenvalue weighted by Crippen LogP contribution is -2.14. The number of nitrogens with one attached hydrogen (secondary N) is 1. The quantitative estimate of drug-likeness (QED) is 0.773. The van der Waals surface area contributed by atoms with Gasteiger partial charge in [0, 0.05) is 10.7 Å². The summed E-state index contributed by atoms with van der Waals surface area (Å²) < 4.78 is 1.01. The van der Waals surface area contributed by atoms with Crippen LogP contribution in [-0.4, -0.2) is 22.0 Å². The molecule has 0 bridgehead atoms. The predicted octanol–water partition coefficient (Wildman–Crippen LogP) is 3.56. The Balaban J connectivity index is 2.30. The molecule has 20 heavy (non-hydrogen) atoms. The number of hydrogen-bond acceptors (Lipinski definition) is 3. The first-order valence-electron chi connectivity index (χ1n) is 5.44. The Bertz CT molecular complexity index is 689. The first kappa shape index (κ1) is 14.7. The first-order valence-corrected chi connectivity index (χ1v) is 7.02. The van der Waals surface area contributed by atoms with Gasteiger partial charge in [-0.25, -0.2) is 9.78 Å². The molecular formula is C13H8Br2N2O3. The third-order valence-electron chi connectivity index (χ3n) is 2.47. The molecule has 2 N–H and O–H groups in total. The fourth-order valence-electron chi connectivity index (χ4n) is 1.50. The second-order valence-electron chi connectivity index (χ2n) is 3.80. The third-order valence-corrected chi connectivity index (χ3v) is 3.79. The van der Waals surface area contributed by atoms with Crippen molar-refractivity contribution in [2.24, 2.45) is 0 Å². The van der Waals surface area contributed by atoms with Crippen LogP contribution in [0.15, 0.2) is 45.6 Å². The largest absolute Gasteiger partial charge is 0.478 e. The number of carboxylic acid groups (broad SMARTS) is 1. The number of amides is 1. The lowest BCUT2D eigenvalue weighted by molar-refractivity contribution is 0.0696. The number of halogens is 2. The van der Waals surface area contributed by atoms with Crippen molar-refractivity contribution in [3.63, 3.8) is 0 Å². The SMILES string of the molecule is O=C(O)c1ccc(Br)c(NC(=O)c2cccnc2Br)c1. The van der Waals surface area contributed by atoms with Crippen LogP contribution in [0.1, 0.15) is 20.7 Å². The molecule has 0 aliphatic heterocycles. The molecule has 5 nitrogen and oxygen atoms in total. The monoisotopic (exact) mass is 398 g/mol. The van der Waals surface area contributed by atoms with Crippen molar-refractivity contribution < 1.29 is 14.7 Å². The Hall–Kier alpha value is -1.73. The van der Waals surface area contributed by atoms with Crippen LogP contribution in [0.3, 0.4) is 0 Å². The van der Waals surface area contributed by atoms with E-state index in [0.29, 0.717) is 20.3 Å². The highest BCUT2D eigenvalue weighted by atomic mass is 79.9. The maximum atomic E-state index is 12.1. The number of anilines is 1. The molecule has 102 valence electrons. The second-order valence-corrected chi connectivity index (χ2v) is 5.40. The van der Waals surface area contributed by atoms with Gasteiger partial charge in [-0.3, -0.25) is 4.79 Å². The molecule has 0 fully saturated rings. The van der Waals surface area contributed by atoms with Crippen molar-refractivity contribution in [3.8, 4) is 0 Å². The second kappa shape index (κ2) is 6.15. The average molecular weight is 400 g/mol. The average Bonchev–Trinajstić information content (AvgIpc) is 2.41. The number of pyridine rings is 1. The highest BCUT2D eigenvalue weighted by Gasteiger charge is 2.13. The molecule has 0 radical (unpaired) electrons. The maximum absolute atomic E-state index is 12.1. The number of aromatic nitrogens is 1. The van der Waals surface area contributed by atoms with Crippen molar-refractivity contribution >= 4 is 49.4 Å². The Morgan fingerprint density at radius 3 is 2.60 bits per heavy atom. The number of hydrogen-bond donors (Lipinski definition) is 2. The lowest BCUT2D eigenvalue weighted by atomic mass is 10.2. The van der Waals surface area contributed by atoms with Crippen LogP contribution in [0, 0.1) is 0 Å². The van der Waals surface area contributed by atoms with E-state index in [4.69, 9.17) is 5.11 Å². The maximum Gasteiger partial charge on any atom is 0.335 e. The number of benzene rings is 1. The van der Waals surface area contributed by atoms with Gasteiger partial charge >= 0.3 is 5.97 Å². The molecule has 0 aliphatic rings. The molecule has 0 saturated carbocycles. The van der Waals surface area contributed by atoms with Gasteiger partial charge in [0.15, 0.2) is 0 Å². The molecule has 1 amide bonds. The summed E-state index contributed by atoms with van der Waals surface area (Å²) in [6, 6.07) is 7.65. The summed E-state index contributed by atoms with van der Waals surface area (Å²) in [7, 11) is 0. The van der Waals surface area contributed by atoms with Gasteiger partial charge in [-0.2, -0.15) is 0 Å². The van der Waals surface area contributed by atoms with E-state index in [2.05, 4.69) is 42.2 Å². The summed E-state index contributed by atoms with van der Waals surface area (Å²) in [5.74, 6) is -1.44. The fourth-order valence-corrected chi connectivity index (χ4v) is 2.28. The highest BCUT2D eigenvalue weighted by Crippen LogP contribution is 2.25. The predicted molar refractivity (Wildman–Crippen MR) is 81.0 cm³/mol. The molecule has 0 aliphatic carbocycles. The van der Waals surface area contributed by atoms with E-state index in [0.717, 1.165) is 0 Å². The molecule has 0 spiro atoms.